The first kappa shape index (κ1) is 16.7. The Morgan fingerprint density at radius 1 is 1.00 bits per heavy atom. The molecule has 5 nitrogen and oxygen atoms in total. The first-order chi connectivity index (χ1) is 11.8. The number of aryl methyl sites for hydroxylation is 1. The Labute approximate surface area is 143 Å². The Morgan fingerprint density at radius 3 is 2.50 bits per heavy atom. The first-order valence-electron chi connectivity index (χ1n) is 8.83. The summed E-state index contributed by atoms with van der Waals surface area (Å²) < 4.78 is 1.96. The molecule has 0 saturated carbocycles. The second-order valence-corrected chi connectivity index (χ2v) is 6.33. The van der Waals surface area contributed by atoms with Crippen LogP contribution < -0.4 is 0 Å². The highest BCUT2D eigenvalue weighted by atomic mass is 16.2. The maximum Gasteiger partial charge on any atom is 0.222 e. The van der Waals surface area contributed by atoms with Crippen molar-refractivity contribution in [3.8, 4) is 0 Å². The van der Waals surface area contributed by atoms with Crippen LogP contribution in [0, 0.1) is 0 Å². The first-order valence-corrected chi connectivity index (χ1v) is 8.83. The van der Waals surface area contributed by atoms with Gasteiger partial charge in [0, 0.05) is 51.5 Å². The molecule has 24 heavy (non-hydrogen) atoms. The van der Waals surface area contributed by atoms with E-state index in [1.165, 1.54) is 5.56 Å². The molecule has 0 aliphatic carbocycles. The fourth-order valence-electron chi connectivity index (χ4n) is 3.14. The van der Waals surface area contributed by atoms with Crippen molar-refractivity contribution in [3.05, 3.63) is 54.4 Å². The lowest BCUT2D eigenvalue weighted by Crippen LogP contribution is -2.49. The van der Waals surface area contributed by atoms with Crippen LogP contribution in [-0.4, -0.2) is 58.2 Å². The van der Waals surface area contributed by atoms with E-state index in [2.05, 4.69) is 34.3 Å². The molecule has 0 atom stereocenters. The second kappa shape index (κ2) is 8.64. The Kier molecular flexibility index (Phi) is 6.01. The molecule has 1 aromatic heterocycles. The van der Waals surface area contributed by atoms with Gasteiger partial charge in [-0.25, -0.2) is 0 Å². The summed E-state index contributed by atoms with van der Waals surface area (Å²) in [7, 11) is 0. The molecule has 128 valence electrons. The zero-order valence-corrected chi connectivity index (χ0v) is 14.2. The molecule has 2 heterocycles. The number of hydrogen-bond acceptors (Lipinski definition) is 3. The highest BCUT2D eigenvalue weighted by Crippen LogP contribution is 2.09. The van der Waals surface area contributed by atoms with Gasteiger partial charge in [0.1, 0.15) is 0 Å². The molecule has 0 spiro atoms. The molecular formula is C19H26N4O. The summed E-state index contributed by atoms with van der Waals surface area (Å²) in [5.41, 5.74) is 1.31. The van der Waals surface area contributed by atoms with E-state index in [4.69, 9.17) is 0 Å². The molecular weight excluding hydrogens is 300 g/mol. The quantitative estimate of drug-likeness (QED) is 0.782. The van der Waals surface area contributed by atoms with Crippen molar-refractivity contribution in [3.63, 3.8) is 0 Å². The van der Waals surface area contributed by atoms with Gasteiger partial charge in [-0.1, -0.05) is 30.3 Å². The van der Waals surface area contributed by atoms with E-state index in [0.717, 1.165) is 52.1 Å². The van der Waals surface area contributed by atoms with Crippen molar-refractivity contribution in [2.75, 3.05) is 32.7 Å². The number of carbonyl (C=O) groups excluding carboxylic acids is 1. The van der Waals surface area contributed by atoms with Crippen LogP contribution in [0.2, 0.25) is 0 Å². The highest BCUT2D eigenvalue weighted by molar-refractivity contribution is 5.76. The van der Waals surface area contributed by atoms with Crippen LogP contribution in [-0.2, 0) is 17.8 Å². The van der Waals surface area contributed by atoms with Crippen LogP contribution >= 0.6 is 0 Å². The number of carbonyl (C=O) groups is 1. The second-order valence-electron chi connectivity index (χ2n) is 6.33. The monoisotopic (exact) mass is 326 g/mol. The average Bonchev–Trinajstić information content (AvgIpc) is 3.15. The van der Waals surface area contributed by atoms with Crippen molar-refractivity contribution in [2.24, 2.45) is 0 Å². The smallest absolute Gasteiger partial charge is 0.222 e. The van der Waals surface area contributed by atoms with E-state index < -0.39 is 0 Å². The lowest BCUT2D eigenvalue weighted by atomic mass is 10.1. The zero-order valence-electron chi connectivity index (χ0n) is 14.2. The Balaban J connectivity index is 1.33. The van der Waals surface area contributed by atoms with Gasteiger partial charge < -0.3 is 4.90 Å². The number of rotatable bonds is 7. The third-order valence-corrected chi connectivity index (χ3v) is 4.63. The van der Waals surface area contributed by atoms with Gasteiger partial charge in [0.15, 0.2) is 0 Å². The summed E-state index contributed by atoms with van der Waals surface area (Å²) in [5.74, 6) is 0.303. The maximum atomic E-state index is 12.3. The van der Waals surface area contributed by atoms with Crippen LogP contribution in [0.5, 0.6) is 0 Å². The van der Waals surface area contributed by atoms with E-state index in [1.54, 1.807) is 0 Å². The minimum Gasteiger partial charge on any atom is -0.340 e. The molecule has 0 unspecified atom stereocenters. The molecule has 1 amide bonds. The number of hydrogen-bond donors (Lipinski definition) is 0. The van der Waals surface area contributed by atoms with Crippen LogP contribution in [0.4, 0.5) is 0 Å². The molecule has 1 saturated heterocycles. The molecule has 1 aromatic carbocycles. The lowest BCUT2D eigenvalue weighted by molar-refractivity contribution is -0.133. The Bertz CT molecular complexity index is 604. The third-order valence-electron chi connectivity index (χ3n) is 4.63. The molecule has 3 rings (SSSR count). The minimum atomic E-state index is 0.303. The predicted octanol–water partition coefficient (Wildman–Crippen LogP) is 2.05. The molecule has 0 radical (unpaired) electrons. The predicted molar refractivity (Wildman–Crippen MR) is 94.6 cm³/mol. The van der Waals surface area contributed by atoms with E-state index in [9.17, 15) is 4.79 Å². The molecule has 2 aromatic rings. The minimum absolute atomic E-state index is 0.303. The fraction of sp³-hybridized carbons (Fsp3) is 0.474. The van der Waals surface area contributed by atoms with Crippen molar-refractivity contribution in [2.45, 2.75) is 25.8 Å². The van der Waals surface area contributed by atoms with Gasteiger partial charge in [-0.3, -0.25) is 14.4 Å². The largest absolute Gasteiger partial charge is 0.340 e. The van der Waals surface area contributed by atoms with E-state index >= 15 is 0 Å². The fourth-order valence-corrected chi connectivity index (χ4v) is 3.14. The summed E-state index contributed by atoms with van der Waals surface area (Å²) in [6.45, 7) is 5.54. The molecule has 5 heteroatoms. The van der Waals surface area contributed by atoms with Crippen molar-refractivity contribution in [1.82, 2.24) is 19.6 Å². The molecule has 1 fully saturated rings. The molecule has 0 bridgehead atoms. The highest BCUT2D eigenvalue weighted by Gasteiger charge is 2.20. The van der Waals surface area contributed by atoms with Crippen molar-refractivity contribution < 1.29 is 4.79 Å². The zero-order chi connectivity index (χ0) is 16.6. The molecule has 1 aliphatic heterocycles. The van der Waals surface area contributed by atoms with E-state index in [0.29, 0.717) is 12.3 Å². The Hall–Kier alpha value is -2.14. The van der Waals surface area contributed by atoms with Gasteiger partial charge in [0.2, 0.25) is 5.91 Å². The van der Waals surface area contributed by atoms with Gasteiger partial charge >= 0.3 is 0 Å². The topological polar surface area (TPSA) is 41.4 Å². The molecule has 0 N–H and O–H groups in total. The van der Waals surface area contributed by atoms with Gasteiger partial charge in [-0.05, 0) is 24.5 Å². The van der Waals surface area contributed by atoms with E-state index in [1.807, 2.05) is 34.1 Å². The van der Waals surface area contributed by atoms with Crippen molar-refractivity contribution >= 4 is 5.91 Å². The number of amides is 1. The maximum absolute atomic E-state index is 12.3. The Morgan fingerprint density at radius 2 is 1.79 bits per heavy atom. The number of benzene rings is 1. The average molecular weight is 326 g/mol. The molecule has 1 aliphatic rings. The van der Waals surface area contributed by atoms with Gasteiger partial charge in [-0.15, -0.1) is 0 Å². The lowest BCUT2D eigenvalue weighted by Gasteiger charge is -2.34. The van der Waals surface area contributed by atoms with Crippen LogP contribution in [0.1, 0.15) is 18.4 Å². The number of aromatic nitrogens is 2. The standard InChI is InChI=1S/C19H26N4O/c24-19(9-4-8-18-6-2-1-3-7-18)22-15-12-21(13-16-22)14-17-23-11-5-10-20-23/h1-3,5-7,10-11H,4,8-9,12-17H2. The summed E-state index contributed by atoms with van der Waals surface area (Å²) in [6, 6.07) is 12.3. The number of nitrogens with zero attached hydrogens (tertiary/aromatic N) is 4. The van der Waals surface area contributed by atoms with Gasteiger partial charge in [0.25, 0.3) is 0 Å². The van der Waals surface area contributed by atoms with Gasteiger partial charge in [0.05, 0.1) is 6.54 Å². The summed E-state index contributed by atoms with van der Waals surface area (Å²) in [4.78, 5) is 16.8. The van der Waals surface area contributed by atoms with Gasteiger partial charge in [-0.2, -0.15) is 5.10 Å². The number of piperazine rings is 1. The van der Waals surface area contributed by atoms with E-state index in [-0.39, 0.29) is 0 Å². The third kappa shape index (κ3) is 4.93. The van der Waals surface area contributed by atoms with Crippen LogP contribution in [0.25, 0.3) is 0 Å². The SMILES string of the molecule is O=C(CCCc1ccccc1)N1CCN(CCn2cccn2)CC1. The van der Waals surface area contributed by atoms with Crippen LogP contribution in [0.3, 0.4) is 0 Å². The normalized spacial score (nSPS) is 15.6. The summed E-state index contributed by atoms with van der Waals surface area (Å²) in [5, 5.41) is 4.23. The summed E-state index contributed by atoms with van der Waals surface area (Å²) in [6.07, 6.45) is 6.37. The summed E-state index contributed by atoms with van der Waals surface area (Å²) >= 11 is 0. The van der Waals surface area contributed by atoms with Crippen LogP contribution in [0.15, 0.2) is 48.8 Å². The van der Waals surface area contributed by atoms with Crippen molar-refractivity contribution in [1.29, 1.82) is 0 Å².